The molecule has 2 atom stereocenters. The number of anilines is 2. The van der Waals surface area contributed by atoms with Gasteiger partial charge in [-0.15, -0.1) is 0 Å². The molecule has 35 heavy (non-hydrogen) atoms. The van der Waals surface area contributed by atoms with Crippen molar-refractivity contribution >= 4 is 24.0 Å². The molecular formula is C22H33F2N7O4. The standard InChI is InChI=1S/C22H33F2N7O4/c23-10-18-25-20(19(24)21(26-18)30-6-5-29-7-8-35-13-17(29)12-30)27-28-22(33)16(11-31(34)14-32)9-15-3-1-2-4-15/h14-17,34H,1-13H2,(H,28,33)(H,25,26,27)/t16-,17+/m1/s1. The van der Waals surface area contributed by atoms with Crippen LogP contribution in [0.2, 0.25) is 0 Å². The van der Waals surface area contributed by atoms with Crippen molar-refractivity contribution in [2.75, 3.05) is 56.3 Å². The second-order valence-corrected chi connectivity index (χ2v) is 9.40. The van der Waals surface area contributed by atoms with E-state index >= 15 is 4.39 Å². The Morgan fingerprint density at radius 3 is 2.83 bits per heavy atom. The van der Waals surface area contributed by atoms with Gasteiger partial charge in [0.25, 0.3) is 0 Å². The minimum absolute atomic E-state index is 0.0281. The van der Waals surface area contributed by atoms with Crippen LogP contribution in [0.5, 0.6) is 0 Å². The first-order valence-electron chi connectivity index (χ1n) is 12.1. The Labute approximate surface area is 202 Å². The number of fused-ring (bicyclic) bond motifs is 1. The minimum Gasteiger partial charge on any atom is -0.378 e. The van der Waals surface area contributed by atoms with E-state index in [0.717, 1.165) is 32.2 Å². The van der Waals surface area contributed by atoms with Crippen LogP contribution in [0, 0.1) is 17.7 Å². The molecule has 0 spiro atoms. The fourth-order valence-electron chi connectivity index (χ4n) is 5.18. The predicted octanol–water partition coefficient (Wildman–Crippen LogP) is 1.09. The molecule has 1 aliphatic carbocycles. The van der Waals surface area contributed by atoms with Crippen molar-refractivity contribution in [3.8, 4) is 0 Å². The quantitative estimate of drug-likeness (QED) is 0.248. The summed E-state index contributed by atoms with van der Waals surface area (Å²) in [7, 11) is 0. The minimum atomic E-state index is -0.995. The molecule has 2 aliphatic heterocycles. The molecule has 194 valence electrons. The largest absolute Gasteiger partial charge is 0.378 e. The molecule has 3 fully saturated rings. The summed E-state index contributed by atoms with van der Waals surface area (Å²) in [5.74, 6) is -2.28. The molecule has 13 heteroatoms. The van der Waals surface area contributed by atoms with Crippen molar-refractivity contribution in [2.45, 2.75) is 44.8 Å². The van der Waals surface area contributed by atoms with Gasteiger partial charge in [0.1, 0.15) is 6.67 Å². The van der Waals surface area contributed by atoms with Crippen LogP contribution in [0.15, 0.2) is 0 Å². The lowest BCUT2D eigenvalue weighted by Gasteiger charge is -2.44. The topological polar surface area (TPSA) is 123 Å². The number of aromatic nitrogens is 2. The Balaban J connectivity index is 1.45. The number of hydrogen-bond donors (Lipinski definition) is 3. The van der Waals surface area contributed by atoms with Crippen LogP contribution in [-0.2, 0) is 21.0 Å². The van der Waals surface area contributed by atoms with Gasteiger partial charge >= 0.3 is 0 Å². The first-order chi connectivity index (χ1) is 17.0. The highest BCUT2D eigenvalue weighted by Crippen LogP contribution is 2.31. The molecule has 0 bridgehead atoms. The summed E-state index contributed by atoms with van der Waals surface area (Å²) in [4.78, 5) is 35.7. The summed E-state index contributed by atoms with van der Waals surface area (Å²) in [6.45, 7) is 2.54. The van der Waals surface area contributed by atoms with Crippen molar-refractivity contribution in [3.05, 3.63) is 11.6 Å². The first kappa shape index (κ1) is 25.5. The van der Waals surface area contributed by atoms with Gasteiger partial charge in [-0.3, -0.25) is 30.5 Å². The van der Waals surface area contributed by atoms with E-state index in [4.69, 9.17) is 4.74 Å². The van der Waals surface area contributed by atoms with Crippen molar-refractivity contribution in [2.24, 2.45) is 11.8 Å². The zero-order chi connectivity index (χ0) is 24.8. The van der Waals surface area contributed by atoms with Crippen LogP contribution in [-0.4, -0.2) is 89.4 Å². The van der Waals surface area contributed by atoms with Crippen LogP contribution in [0.3, 0.4) is 0 Å². The highest BCUT2D eigenvalue weighted by molar-refractivity contribution is 5.80. The molecule has 1 aromatic heterocycles. The fraction of sp³-hybridized carbons (Fsp3) is 0.727. The summed E-state index contributed by atoms with van der Waals surface area (Å²) < 4.78 is 34.4. The molecule has 0 aromatic carbocycles. The molecule has 3 aliphatic rings. The predicted molar refractivity (Wildman–Crippen MR) is 122 cm³/mol. The molecule has 0 radical (unpaired) electrons. The van der Waals surface area contributed by atoms with Crippen molar-refractivity contribution in [1.29, 1.82) is 0 Å². The number of carbonyl (C=O) groups excluding carboxylic acids is 2. The van der Waals surface area contributed by atoms with Crippen LogP contribution in [0.4, 0.5) is 20.4 Å². The maximum absolute atomic E-state index is 15.4. The number of nitrogens with one attached hydrogen (secondary N) is 2. The molecule has 2 amide bonds. The molecule has 4 rings (SSSR count). The number of hydrogen-bond acceptors (Lipinski definition) is 9. The third-order valence-electron chi connectivity index (χ3n) is 7.03. The van der Waals surface area contributed by atoms with Gasteiger partial charge in [0.05, 0.1) is 31.7 Å². The Morgan fingerprint density at radius 1 is 1.29 bits per heavy atom. The van der Waals surface area contributed by atoms with Crippen molar-refractivity contribution < 1.29 is 28.3 Å². The third-order valence-corrected chi connectivity index (χ3v) is 7.03. The number of carbonyl (C=O) groups is 2. The van der Waals surface area contributed by atoms with E-state index in [1.54, 1.807) is 4.90 Å². The lowest BCUT2D eigenvalue weighted by molar-refractivity contribution is -0.154. The Kier molecular flexibility index (Phi) is 8.63. The number of ether oxygens (including phenoxy) is 1. The van der Waals surface area contributed by atoms with Gasteiger partial charge < -0.3 is 9.64 Å². The van der Waals surface area contributed by atoms with E-state index in [1.165, 1.54) is 0 Å². The van der Waals surface area contributed by atoms with E-state index in [2.05, 4.69) is 25.7 Å². The molecule has 3 N–H and O–H groups in total. The number of nitrogens with zero attached hydrogens (tertiary/aromatic N) is 5. The summed E-state index contributed by atoms with van der Waals surface area (Å²) in [6.07, 6.45) is 4.84. The Hall–Kier alpha value is -2.64. The normalized spacial score (nSPS) is 21.9. The first-order valence-corrected chi connectivity index (χ1v) is 12.1. The summed E-state index contributed by atoms with van der Waals surface area (Å²) in [5, 5.41) is 10.1. The van der Waals surface area contributed by atoms with E-state index in [0.29, 0.717) is 50.2 Å². The molecule has 1 saturated carbocycles. The molecule has 2 saturated heterocycles. The number of piperazine rings is 1. The summed E-state index contributed by atoms with van der Waals surface area (Å²) in [5.41, 5.74) is 4.91. The Bertz CT molecular complexity index is 890. The maximum atomic E-state index is 15.4. The molecular weight excluding hydrogens is 464 g/mol. The van der Waals surface area contributed by atoms with E-state index in [1.807, 2.05) is 0 Å². The zero-order valence-corrected chi connectivity index (χ0v) is 19.7. The zero-order valence-electron chi connectivity index (χ0n) is 19.7. The van der Waals surface area contributed by atoms with Crippen LogP contribution in [0.1, 0.15) is 37.9 Å². The number of hydrazine groups is 1. The van der Waals surface area contributed by atoms with E-state index in [-0.39, 0.29) is 36.5 Å². The SMILES string of the molecule is O=CN(O)C[C@@H](CC1CCCC1)C(=O)NNc1nc(CF)nc(N2CCN3CCOC[C@@H]3C2)c1F. The average Bonchev–Trinajstić information content (AvgIpc) is 3.40. The van der Waals surface area contributed by atoms with Crippen LogP contribution >= 0.6 is 0 Å². The van der Waals surface area contributed by atoms with Gasteiger partial charge in [-0.05, 0) is 12.3 Å². The second-order valence-electron chi connectivity index (χ2n) is 9.40. The van der Waals surface area contributed by atoms with Crippen LogP contribution < -0.4 is 15.8 Å². The second kappa shape index (κ2) is 11.9. The summed E-state index contributed by atoms with van der Waals surface area (Å²) >= 11 is 0. The lowest BCUT2D eigenvalue weighted by atomic mass is 9.92. The monoisotopic (exact) mass is 497 g/mol. The lowest BCUT2D eigenvalue weighted by Crippen LogP contribution is -2.58. The summed E-state index contributed by atoms with van der Waals surface area (Å²) in [6, 6.07) is 0.0902. The van der Waals surface area contributed by atoms with Gasteiger partial charge in [0.2, 0.25) is 18.1 Å². The number of morpholine rings is 1. The van der Waals surface area contributed by atoms with E-state index in [9.17, 15) is 19.2 Å². The highest BCUT2D eigenvalue weighted by atomic mass is 19.1. The smallest absolute Gasteiger partial charge is 0.243 e. The average molecular weight is 498 g/mol. The number of alkyl halides is 1. The molecule has 3 heterocycles. The number of halogens is 2. The van der Waals surface area contributed by atoms with Crippen molar-refractivity contribution in [1.82, 2.24) is 25.4 Å². The van der Waals surface area contributed by atoms with Crippen LogP contribution in [0.25, 0.3) is 0 Å². The van der Waals surface area contributed by atoms with Gasteiger partial charge in [-0.1, -0.05) is 25.7 Å². The van der Waals surface area contributed by atoms with E-state index < -0.39 is 24.3 Å². The molecule has 1 aromatic rings. The van der Waals surface area contributed by atoms with Gasteiger partial charge in [-0.25, -0.2) is 19.4 Å². The Morgan fingerprint density at radius 2 is 2.09 bits per heavy atom. The third kappa shape index (κ3) is 6.33. The molecule has 11 nitrogen and oxygen atoms in total. The van der Waals surface area contributed by atoms with Gasteiger partial charge in [-0.2, -0.15) is 4.39 Å². The number of rotatable bonds is 10. The van der Waals surface area contributed by atoms with Gasteiger partial charge in [0.15, 0.2) is 17.5 Å². The molecule has 0 unspecified atom stereocenters. The fourth-order valence-corrected chi connectivity index (χ4v) is 5.18. The van der Waals surface area contributed by atoms with Gasteiger partial charge in [0, 0.05) is 26.2 Å². The van der Waals surface area contributed by atoms with Crippen molar-refractivity contribution in [3.63, 3.8) is 0 Å². The number of amides is 2. The highest BCUT2D eigenvalue weighted by Gasteiger charge is 2.33. The maximum Gasteiger partial charge on any atom is 0.243 e. The number of hydroxylamine groups is 2.